The molecule has 0 saturated carbocycles. The predicted octanol–water partition coefficient (Wildman–Crippen LogP) is -0.289. The van der Waals surface area contributed by atoms with Crippen molar-refractivity contribution < 1.29 is 14.7 Å². The maximum Gasteiger partial charge on any atom is 0.327 e. The molecule has 1 aliphatic rings. The van der Waals surface area contributed by atoms with Gasteiger partial charge in [-0.05, 0) is 13.0 Å². The number of carboxylic acids is 1. The Morgan fingerprint density at radius 1 is 1.57 bits per heavy atom. The van der Waals surface area contributed by atoms with E-state index in [9.17, 15) is 9.59 Å². The topological polar surface area (TPSA) is 83.6 Å². The first-order valence-electron chi connectivity index (χ1n) is 4.47. The molecule has 0 radical (unpaired) electrons. The van der Waals surface area contributed by atoms with Gasteiger partial charge in [-0.25, -0.2) is 4.79 Å². The van der Waals surface area contributed by atoms with E-state index in [2.05, 4.69) is 0 Å². The molecule has 14 heavy (non-hydrogen) atoms. The molecule has 1 atom stereocenters. The second-order valence-electron chi connectivity index (χ2n) is 3.11. The molecular weight excluding hydrogens is 204 g/mol. The summed E-state index contributed by atoms with van der Waals surface area (Å²) in [5.74, 6) is -0.0479. The number of nitrogens with two attached hydrogens (primary N) is 1. The Kier molecular flexibility index (Phi) is 4.21. The maximum absolute atomic E-state index is 11.5. The summed E-state index contributed by atoms with van der Waals surface area (Å²) in [7, 11) is 0. The van der Waals surface area contributed by atoms with Gasteiger partial charge in [0, 0.05) is 12.2 Å². The Hall–Kier alpha value is -0.750. The first-order valence-corrected chi connectivity index (χ1v) is 5.62. The lowest BCUT2D eigenvalue weighted by Gasteiger charge is -2.20. The van der Waals surface area contributed by atoms with Crippen LogP contribution in [0.3, 0.4) is 0 Å². The van der Waals surface area contributed by atoms with Gasteiger partial charge >= 0.3 is 5.97 Å². The van der Waals surface area contributed by atoms with E-state index in [1.807, 2.05) is 0 Å². The van der Waals surface area contributed by atoms with Crippen molar-refractivity contribution >= 4 is 23.6 Å². The van der Waals surface area contributed by atoms with Gasteiger partial charge in [-0.2, -0.15) is 0 Å². The Morgan fingerprint density at radius 2 is 2.29 bits per heavy atom. The van der Waals surface area contributed by atoms with Crippen LogP contribution in [0.1, 0.15) is 12.8 Å². The van der Waals surface area contributed by atoms with Crippen LogP contribution in [0.2, 0.25) is 0 Å². The van der Waals surface area contributed by atoms with E-state index >= 15 is 0 Å². The number of hydrogen-bond donors (Lipinski definition) is 2. The van der Waals surface area contributed by atoms with Crippen LogP contribution in [0.5, 0.6) is 0 Å². The summed E-state index contributed by atoms with van der Waals surface area (Å²) in [5, 5.41) is 8.83. The first kappa shape index (κ1) is 11.3. The fourth-order valence-electron chi connectivity index (χ4n) is 1.29. The molecule has 1 aliphatic heterocycles. The zero-order chi connectivity index (χ0) is 10.6. The van der Waals surface area contributed by atoms with E-state index in [0.717, 1.165) is 0 Å². The van der Waals surface area contributed by atoms with Crippen molar-refractivity contribution in [2.24, 2.45) is 5.73 Å². The summed E-state index contributed by atoms with van der Waals surface area (Å²) in [6.45, 7) is 0.463. The fraction of sp³-hybridized carbons (Fsp3) is 0.750. The largest absolute Gasteiger partial charge is 0.480 e. The Labute approximate surface area is 86.6 Å². The summed E-state index contributed by atoms with van der Waals surface area (Å²) in [5.41, 5.74) is 5.28. The van der Waals surface area contributed by atoms with Crippen LogP contribution in [-0.4, -0.2) is 46.1 Å². The van der Waals surface area contributed by atoms with Gasteiger partial charge in [0.15, 0.2) is 0 Å². The summed E-state index contributed by atoms with van der Waals surface area (Å²) in [6, 6.07) is -0.648. The Bertz CT molecular complexity index is 235. The summed E-state index contributed by atoms with van der Waals surface area (Å²) in [6.07, 6.45) is 0.965. The zero-order valence-electron chi connectivity index (χ0n) is 7.81. The van der Waals surface area contributed by atoms with Gasteiger partial charge in [0.05, 0.1) is 5.88 Å². The van der Waals surface area contributed by atoms with Crippen molar-refractivity contribution in [1.82, 2.24) is 4.90 Å². The monoisotopic (exact) mass is 218 g/mol. The molecule has 0 aliphatic carbocycles. The number of nitrogens with zero attached hydrogens (tertiary/aromatic N) is 1. The highest BCUT2D eigenvalue weighted by molar-refractivity contribution is 7.99. The standard InChI is InChI=1S/C8H14N2O3S/c9-3-1-2-7(11)10-5-14-4-6(10)8(12)13/h6H,1-5,9H2,(H,12,13)/t6-/m0/s1. The molecule has 0 aromatic heterocycles. The average Bonchev–Trinajstić information content (AvgIpc) is 2.62. The van der Waals surface area contributed by atoms with Crippen molar-refractivity contribution in [2.45, 2.75) is 18.9 Å². The summed E-state index contributed by atoms with van der Waals surface area (Å²) >= 11 is 1.47. The van der Waals surface area contributed by atoms with Crippen LogP contribution < -0.4 is 5.73 Å². The van der Waals surface area contributed by atoms with Crippen LogP contribution >= 0.6 is 11.8 Å². The maximum atomic E-state index is 11.5. The van der Waals surface area contributed by atoms with Gasteiger partial charge in [-0.15, -0.1) is 11.8 Å². The molecule has 0 bridgehead atoms. The molecule has 1 fully saturated rings. The molecule has 1 amide bonds. The highest BCUT2D eigenvalue weighted by Gasteiger charge is 2.33. The van der Waals surface area contributed by atoms with E-state index in [1.54, 1.807) is 0 Å². The summed E-state index contributed by atoms with van der Waals surface area (Å²) < 4.78 is 0. The molecule has 0 spiro atoms. The number of carboxylic acid groups (broad SMARTS) is 1. The third-order valence-electron chi connectivity index (χ3n) is 2.08. The van der Waals surface area contributed by atoms with Gasteiger partial charge in [0.25, 0.3) is 0 Å². The third kappa shape index (κ3) is 2.62. The fourth-order valence-corrected chi connectivity index (χ4v) is 2.46. The van der Waals surface area contributed by atoms with Crippen molar-refractivity contribution in [1.29, 1.82) is 0 Å². The van der Waals surface area contributed by atoms with Crippen LogP contribution in [0.15, 0.2) is 0 Å². The van der Waals surface area contributed by atoms with Gasteiger partial charge < -0.3 is 15.7 Å². The van der Waals surface area contributed by atoms with E-state index in [1.165, 1.54) is 16.7 Å². The van der Waals surface area contributed by atoms with Crippen LogP contribution in [0.4, 0.5) is 0 Å². The molecule has 1 heterocycles. The minimum atomic E-state index is -0.920. The molecule has 0 unspecified atom stereocenters. The van der Waals surface area contributed by atoms with Crippen molar-refractivity contribution in [3.8, 4) is 0 Å². The highest BCUT2D eigenvalue weighted by atomic mass is 32.2. The van der Waals surface area contributed by atoms with Crippen LogP contribution in [-0.2, 0) is 9.59 Å². The molecule has 80 valence electrons. The molecule has 6 heteroatoms. The number of hydrogen-bond acceptors (Lipinski definition) is 4. The highest BCUT2D eigenvalue weighted by Crippen LogP contribution is 2.21. The summed E-state index contributed by atoms with van der Waals surface area (Å²) in [4.78, 5) is 23.7. The number of aliphatic carboxylic acids is 1. The molecular formula is C8H14N2O3S. The zero-order valence-corrected chi connectivity index (χ0v) is 8.63. The Balaban J connectivity index is 2.49. The smallest absolute Gasteiger partial charge is 0.327 e. The number of carbonyl (C=O) groups is 2. The Morgan fingerprint density at radius 3 is 2.86 bits per heavy atom. The van der Waals surface area contributed by atoms with Crippen molar-refractivity contribution in [2.75, 3.05) is 18.2 Å². The van der Waals surface area contributed by atoms with Crippen molar-refractivity contribution in [3.63, 3.8) is 0 Å². The molecule has 1 saturated heterocycles. The third-order valence-corrected chi connectivity index (χ3v) is 3.09. The normalized spacial score (nSPS) is 21.2. The number of amides is 1. The van der Waals surface area contributed by atoms with E-state index in [0.29, 0.717) is 31.0 Å². The van der Waals surface area contributed by atoms with Gasteiger partial charge in [-0.1, -0.05) is 0 Å². The lowest BCUT2D eigenvalue weighted by Crippen LogP contribution is -2.41. The lowest BCUT2D eigenvalue weighted by molar-refractivity contribution is -0.147. The van der Waals surface area contributed by atoms with Crippen LogP contribution in [0, 0.1) is 0 Å². The second kappa shape index (κ2) is 5.21. The predicted molar refractivity (Wildman–Crippen MR) is 53.9 cm³/mol. The minimum absolute atomic E-state index is 0.104. The molecule has 3 N–H and O–H groups in total. The number of carbonyl (C=O) groups excluding carboxylic acids is 1. The number of thioether (sulfide) groups is 1. The second-order valence-corrected chi connectivity index (χ2v) is 4.11. The van der Waals surface area contributed by atoms with Crippen LogP contribution in [0.25, 0.3) is 0 Å². The first-order chi connectivity index (χ1) is 6.66. The quantitative estimate of drug-likeness (QED) is 0.677. The number of rotatable bonds is 4. The molecule has 1 rings (SSSR count). The SMILES string of the molecule is NCCCC(=O)N1CSC[C@H]1C(=O)O. The van der Waals surface area contributed by atoms with Gasteiger partial charge in [-0.3, -0.25) is 4.79 Å². The van der Waals surface area contributed by atoms with Crippen molar-refractivity contribution in [3.05, 3.63) is 0 Å². The molecule has 5 nitrogen and oxygen atoms in total. The van der Waals surface area contributed by atoms with E-state index in [4.69, 9.17) is 10.8 Å². The van der Waals surface area contributed by atoms with Gasteiger partial charge in [0.1, 0.15) is 6.04 Å². The van der Waals surface area contributed by atoms with E-state index < -0.39 is 12.0 Å². The minimum Gasteiger partial charge on any atom is -0.480 e. The molecule has 0 aromatic carbocycles. The lowest BCUT2D eigenvalue weighted by atomic mass is 10.2. The molecule has 0 aromatic rings. The van der Waals surface area contributed by atoms with Gasteiger partial charge in [0.2, 0.25) is 5.91 Å². The average molecular weight is 218 g/mol. The van der Waals surface area contributed by atoms with E-state index in [-0.39, 0.29) is 5.91 Å².